The van der Waals surface area contributed by atoms with Crippen LogP contribution in [0.3, 0.4) is 0 Å². The number of carbonyl (C=O) groups excluding carboxylic acids is 1. The van der Waals surface area contributed by atoms with Crippen molar-refractivity contribution in [2.24, 2.45) is 11.1 Å². The Bertz CT molecular complexity index is 965. The second kappa shape index (κ2) is 7.38. The minimum atomic E-state index is -0.648. The van der Waals surface area contributed by atoms with Crippen molar-refractivity contribution < 1.29 is 9.53 Å². The first kappa shape index (κ1) is 18.3. The predicted octanol–water partition coefficient (Wildman–Crippen LogP) is 5.50. The van der Waals surface area contributed by atoms with Crippen molar-refractivity contribution in [3.8, 4) is 5.75 Å². The fraction of sp³-hybridized carbons (Fsp3) is 0.286. The number of hydrogen-bond donors (Lipinski definition) is 0. The summed E-state index contributed by atoms with van der Waals surface area (Å²) in [4.78, 5) is 21.7. The van der Waals surface area contributed by atoms with E-state index in [9.17, 15) is 9.70 Å². The van der Waals surface area contributed by atoms with Gasteiger partial charge in [0.15, 0.2) is 0 Å². The summed E-state index contributed by atoms with van der Waals surface area (Å²) < 4.78 is 7.06. The summed E-state index contributed by atoms with van der Waals surface area (Å²) in [5.41, 5.74) is 5.33. The van der Waals surface area contributed by atoms with E-state index in [2.05, 4.69) is 37.8 Å². The number of carbonyl (C=O) groups is 1. The molecular formula is C21H21NO3S. The molecule has 1 amide bonds. The van der Waals surface area contributed by atoms with E-state index in [1.165, 1.54) is 5.57 Å². The first-order valence-electron chi connectivity index (χ1n) is 8.47. The normalized spacial score (nSPS) is 17.0. The number of hydrogen-bond acceptors (Lipinski definition) is 4. The summed E-state index contributed by atoms with van der Waals surface area (Å²) in [5.74, 6) is 0.511. The highest BCUT2D eigenvalue weighted by Crippen LogP contribution is 2.34. The molecule has 1 aromatic carbocycles. The first-order chi connectivity index (χ1) is 12.4. The molecule has 0 aliphatic heterocycles. The number of nitrogens with zero attached hydrogens (tertiary/aromatic N) is 1. The minimum absolute atomic E-state index is 0.0434. The van der Waals surface area contributed by atoms with Gasteiger partial charge in [0.1, 0.15) is 12.4 Å². The Morgan fingerprint density at radius 1 is 1.35 bits per heavy atom. The molecule has 26 heavy (non-hydrogen) atoms. The number of thiophene rings is 1. The molecule has 1 aliphatic rings. The topological polar surface area (TPSA) is 55.7 Å². The average Bonchev–Trinajstić information content (AvgIpc) is 3.02. The molecule has 1 heterocycles. The molecule has 134 valence electrons. The van der Waals surface area contributed by atoms with Crippen LogP contribution in [0, 0.1) is 17.7 Å². The Morgan fingerprint density at radius 2 is 2.12 bits per heavy atom. The Morgan fingerprint density at radius 3 is 2.85 bits per heavy atom. The fourth-order valence-electron chi connectivity index (χ4n) is 3.20. The Kier molecular flexibility index (Phi) is 5.18. The molecule has 1 aliphatic carbocycles. The van der Waals surface area contributed by atoms with Crippen LogP contribution in [0.15, 0.2) is 58.1 Å². The van der Waals surface area contributed by atoms with Gasteiger partial charge < -0.3 is 4.74 Å². The summed E-state index contributed by atoms with van der Waals surface area (Å²) in [6, 6.07) is 3.95. The van der Waals surface area contributed by atoms with Crippen molar-refractivity contribution in [2.75, 3.05) is 6.61 Å². The molecular weight excluding hydrogens is 346 g/mol. The first-order valence-corrected chi connectivity index (χ1v) is 9.35. The van der Waals surface area contributed by atoms with Crippen molar-refractivity contribution in [3.05, 3.63) is 69.0 Å². The third kappa shape index (κ3) is 3.53. The van der Waals surface area contributed by atoms with Crippen molar-refractivity contribution in [3.63, 3.8) is 0 Å². The molecule has 0 saturated heterocycles. The quantitative estimate of drug-likeness (QED) is 0.655. The van der Waals surface area contributed by atoms with Gasteiger partial charge in [-0.15, -0.1) is 16.2 Å². The van der Waals surface area contributed by atoms with Gasteiger partial charge in [-0.1, -0.05) is 25.7 Å². The van der Waals surface area contributed by atoms with E-state index in [-0.39, 0.29) is 6.42 Å². The lowest BCUT2D eigenvalue weighted by molar-refractivity contribution is -0.117. The highest BCUT2D eigenvalue weighted by Gasteiger charge is 2.15. The molecule has 1 atom stereocenters. The Balaban J connectivity index is 1.82. The number of nitroso groups, excluding NO2 is 1. The highest BCUT2D eigenvalue weighted by atomic mass is 32.1. The molecule has 5 heteroatoms. The minimum Gasteiger partial charge on any atom is -0.489 e. The molecule has 0 saturated carbocycles. The lowest BCUT2D eigenvalue weighted by Crippen LogP contribution is -2.09. The number of fused-ring (bicyclic) bond motifs is 1. The SMILES string of the molecule is C=C1C(C)=C(COc2cc(C)c3c(CC(=O)N=O)csc3c2)C=CC1C. The Labute approximate surface area is 156 Å². The van der Waals surface area contributed by atoms with E-state index < -0.39 is 5.91 Å². The maximum atomic E-state index is 11.3. The van der Waals surface area contributed by atoms with Crippen LogP contribution >= 0.6 is 11.3 Å². The Hall–Kier alpha value is -2.53. The standard InChI is InChI=1S/C21H21NO3S/c1-12-5-6-16(15(4)14(12)3)10-25-18-7-13(2)21-17(8-20(23)22-24)11-26-19(21)9-18/h5-7,9,11-12H,3,8,10H2,1-2,4H3. The van der Waals surface area contributed by atoms with Crippen molar-refractivity contribution in [1.82, 2.24) is 0 Å². The van der Waals surface area contributed by atoms with Crippen LogP contribution in [-0.2, 0) is 11.2 Å². The predicted molar refractivity (Wildman–Crippen MR) is 107 cm³/mol. The zero-order valence-corrected chi connectivity index (χ0v) is 16.0. The number of aryl methyl sites for hydroxylation is 1. The van der Waals surface area contributed by atoms with E-state index in [1.807, 2.05) is 24.4 Å². The van der Waals surface area contributed by atoms with Crippen LogP contribution < -0.4 is 4.74 Å². The van der Waals surface area contributed by atoms with Gasteiger partial charge in [0.25, 0.3) is 5.91 Å². The molecule has 4 nitrogen and oxygen atoms in total. The summed E-state index contributed by atoms with van der Waals surface area (Å²) in [5, 5.41) is 5.41. The van der Waals surface area contributed by atoms with Crippen LogP contribution in [0.25, 0.3) is 10.1 Å². The maximum absolute atomic E-state index is 11.3. The molecule has 0 spiro atoms. The molecule has 0 N–H and O–H groups in total. The molecule has 1 unspecified atom stereocenters. The van der Waals surface area contributed by atoms with E-state index in [4.69, 9.17) is 4.74 Å². The molecule has 1 aromatic heterocycles. The van der Waals surface area contributed by atoms with Crippen LogP contribution in [-0.4, -0.2) is 12.5 Å². The largest absolute Gasteiger partial charge is 0.489 e. The van der Waals surface area contributed by atoms with Crippen LogP contribution in [0.4, 0.5) is 0 Å². The lowest BCUT2D eigenvalue weighted by atomic mass is 9.88. The summed E-state index contributed by atoms with van der Waals surface area (Å²) in [6.07, 6.45) is 4.30. The maximum Gasteiger partial charge on any atom is 0.290 e. The van der Waals surface area contributed by atoms with Gasteiger partial charge in [0, 0.05) is 9.88 Å². The smallest absolute Gasteiger partial charge is 0.290 e. The summed E-state index contributed by atoms with van der Waals surface area (Å²) in [7, 11) is 0. The summed E-state index contributed by atoms with van der Waals surface area (Å²) >= 11 is 1.54. The van der Waals surface area contributed by atoms with E-state index >= 15 is 0 Å². The van der Waals surface area contributed by atoms with Crippen LogP contribution in [0.1, 0.15) is 25.0 Å². The van der Waals surface area contributed by atoms with Crippen molar-refractivity contribution in [1.29, 1.82) is 0 Å². The highest BCUT2D eigenvalue weighted by molar-refractivity contribution is 7.17. The number of benzene rings is 1. The fourth-order valence-corrected chi connectivity index (χ4v) is 4.26. The second-order valence-electron chi connectivity index (χ2n) is 6.65. The van der Waals surface area contributed by atoms with Crippen LogP contribution in [0.5, 0.6) is 5.75 Å². The number of rotatable bonds is 5. The van der Waals surface area contributed by atoms with Crippen LogP contribution in [0.2, 0.25) is 0 Å². The molecule has 0 bridgehead atoms. The van der Waals surface area contributed by atoms with Crippen molar-refractivity contribution >= 4 is 27.3 Å². The van der Waals surface area contributed by atoms with Gasteiger partial charge in [-0.05, 0) is 70.5 Å². The van der Waals surface area contributed by atoms with Crippen molar-refractivity contribution in [2.45, 2.75) is 27.2 Å². The van der Waals surface area contributed by atoms with Gasteiger partial charge in [-0.2, -0.15) is 0 Å². The lowest BCUT2D eigenvalue weighted by Gasteiger charge is -2.20. The third-order valence-corrected chi connectivity index (χ3v) is 5.84. The van der Waals surface area contributed by atoms with Gasteiger partial charge in [0.05, 0.1) is 6.42 Å². The average molecular weight is 367 g/mol. The van der Waals surface area contributed by atoms with Gasteiger partial charge in [-0.25, -0.2) is 0 Å². The molecule has 0 radical (unpaired) electrons. The van der Waals surface area contributed by atoms with Gasteiger partial charge in [-0.3, -0.25) is 4.79 Å². The van der Waals surface area contributed by atoms with E-state index in [0.717, 1.165) is 38.1 Å². The summed E-state index contributed by atoms with van der Waals surface area (Å²) in [6.45, 7) is 10.8. The van der Waals surface area contributed by atoms with Gasteiger partial charge in [0.2, 0.25) is 0 Å². The second-order valence-corrected chi connectivity index (χ2v) is 7.56. The zero-order chi connectivity index (χ0) is 18.8. The molecule has 2 aromatic rings. The number of ether oxygens (including phenoxy) is 1. The van der Waals surface area contributed by atoms with Gasteiger partial charge >= 0.3 is 0 Å². The van der Waals surface area contributed by atoms with E-state index in [1.54, 1.807) is 11.3 Å². The van der Waals surface area contributed by atoms with E-state index in [0.29, 0.717) is 12.5 Å². The zero-order valence-electron chi connectivity index (χ0n) is 15.2. The number of amides is 1. The number of allylic oxidation sites excluding steroid dienone is 3. The molecule has 0 fully saturated rings. The third-order valence-electron chi connectivity index (χ3n) is 4.86. The monoisotopic (exact) mass is 367 g/mol. The molecule has 3 rings (SSSR count).